The van der Waals surface area contributed by atoms with Crippen LogP contribution in [0.3, 0.4) is 0 Å². The van der Waals surface area contributed by atoms with Crippen molar-refractivity contribution in [3.8, 4) is 5.75 Å². The molecule has 1 aromatic rings. The number of hydrogen-bond acceptors (Lipinski definition) is 4. The fourth-order valence-electron chi connectivity index (χ4n) is 1.38. The summed E-state index contributed by atoms with van der Waals surface area (Å²) < 4.78 is 10.4. The first-order valence-electron chi connectivity index (χ1n) is 5.36. The molecule has 0 fully saturated rings. The summed E-state index contributed by atoms with van der Waals surface area (Å²) in [6, 6.07) is 7.47. The third kappa shape index (κ3) is 4.18. The van der Waals surface area contributed by atoms with E-state index < -0.39 is 0 Å². The van der Waals surface area contributed by atoms with Crippen LogP contribution in [-0.4, -0.2) is 32.0 Å². The van der Waals surface area contributed by atoms with E-state index in [-0.39, 0.29) is 12.6 Å². The Morgan fingerprint density at radius 2 is 2.19 bits per heavy atom. The number of nitrogens with two attached hydrogens (primary N) is 1. The summed E-state index contributed by atoms with van der Waals surface area (Å²) in [6.45, 7) is 1.18. The van der Waals surface area contributed by atoms with Crippen molar-refractivity contribution < 1.29 is 14.6 Å². The molecule has 0 saturated heterocycles. The van der Waals surface area contributed by atoms with Gasteiger partial charge < -0.3 is 20.3 Å². The van der Waals surface area contributed by atoms with Crippen LogP contribution in [-0.2, 0) is 4.74 Å². The molecule has 0 radical (unpaired) electrons. The molecule has 0 saturated carbocycles. The number of rotatable bonds is 7. The molecule has 0 aliphatic heterocycles. The summed E-state index contributed by atoms with van der Waals surface area (Å²) in [7, 11) is 1.64. The molecule has 90 valence electrons. The number of benzene rings is 1. The van der Waals surface area contributed by atoms with E-state index in [1.54, 1.807) is 7.11 Å². The zero-order valence-corrected chi connectivity index (χ0v) is 9.56. The Bertz CT molecular complexity index is 304. The molecule has 0 aromatic heterocycles. The molecule has 1 atom stereocenters. The highest BCUT2D eigenvalue weighted by Gasteiger charge is 2.05. The average molecular weight is 225 g/mol. The zero-order valence-electron chi connectivity index (χ0n) is 9.56. The SMILES string of the molecule is COCCOc1cccc(C(N)CCO)c1. The van der Waals surface area contributed by atoms with Gasteiger partial charge in [0.15, 0.2) is 0 Å². The highest BCUT2D eigenvalue weighted by molar-refractivity contribution is 5.30. The lowest BCUT2D eigenvalue weighted by Crippen LogP contribution is -2.12. The van der Waals surface area contributed by atoms with Crippen molar-refractivity contribution in [2.75, 3.05) is 26.9 Å². The molecule has 4 heteroatoms. The molecule has 0 spiro atoms. The minimum absolute atomic E-state index is 0.0932. The van der Waals surface area contributed by atoms with Gasteiger partial charge in [-0.25, -0.2) is 0 Å². The summed E-state index contributed by atoms with van der Waals surface area (Å²) in [5.41, 5.74) is 6.86. The van der Waals surface area contributed by atoms with Gasteiger partial charge in [-0.15, -0.1) is 0 Å². The number of aliphatic hydroxyl groups is 1. The summed E-state index contributed by atoms with van der Waals surface area (Å²) in [5.74, 6) is 0.780. The van der Waals surface area contributed by atoms with Crippen molar-refractivity contribution in [1.82, 2.24) is 0 Å². The van der Waals surface area contributed by atoms with E-state index in [0.717, 1.165) is 11.3 Å². The van der Waals surface area contributed by atoms with Crippen molar-refractivity contribution in [2.45, 2.75) is 12.5 Å². The van der Waals surface area contributed by atoms with Crippen LogP contribution >= 0.6 is 0 Å². The Morgan fingerprint density at radius 3 is 2.88 bits per heavy atom. The predicted molar refractivity (Wildman–Crippen MR) is 62.4 cm³/mol. The molecule has 16 heavy (non-hydrogen) atoms. The van der Waals surface area contributed by atoms with Crippen LogP contribution in [0.15, 0.2) is 24.3 Å². The third-order valence-electron chi connectivity index (χ3n) is 2.28. The molecule has 0 aliphatic rings. The van der Waals surface area contributed by atoms with E-state index in [2.05, 4.69) is 0 Å². The summed E-state index contributed by atoms with van der Waals surface area (Å²) in [4.78, 5) is 0. The lowest BCUT2D eigenvalue weighted by atomic mass is 10.1. The summed E-state index contributed by atoms with van der Waals surface area (Å²) in [5, 5.41) is 8.81. The van der Waals surface area contributed by atoms with Crippen LogP contribution in [0.2, 0.25) is 0 Å². The Kier molecular flexibility index (Phi) is 5.85. The van der Waals surface area contributed by atoms with E-state index in [4.69, 9.17) is 20.3 Å². The van der Waals surface area contributed by atoms with E-state index >= 15 is 0 Å². The number of methoxy groups -OCH3 is 1. The van der Waals surface area contributed by atoms with Crippen LogP contribution in [0.25, 0.3) is 0 Å². The van der Waals surface area contributed by atoms with Crippen molar-refractivity contribution in [1.29, 1.82) is 0 Å². The molecular formula is C12H19NO3. The molecule has 1 rings (SSSR count). The minimum Gasteiger partial charge on any atom is -0.491 e. The van der Waals surface area contributed by atoms with E-state index in [1.165, 1.54) is 0 Å². The molecule has 4 nitrogen and oxygen atoms in total. The minimum atomic E-state index is -0.143. The quantitative estimate of drug-likeness (QED) is 0.682. The second-order valence-electron chi connectivity index (χ2n) is 3.53. The van der Waals surface area contributed by atoms with E-state index in [9.17, 15) is 0 Å². The molecule has 0 aliphatic carbocycles. The second kappa shape index (κ2) is 7.22. The van der Waals surface area contributed by atoms with Gasteiger partial charge in [-0.1, -0.05) is 12.1 Å². The number of aliphatic hydroxyl groups excluding tert-OH is 1. The average Bonchev–Trinajstić information content (AvgIpc) is 2.30. The number of ether oxygens (including phenoxy) is 2. The van der Waals surface area contributed by atoms with Gasteiger partial charge in [0.25, 0.3) is 0 Å². The van der Waals surface area contributed by atoms with Gasteiger partial charge in [-0.05, 0) is 24.1 Å². The molecule has 3 N–H and O–H groups in total. The molecule has 0 bridgehead atoms. The maximum absolute atomic E-state index is 8.81. The first-order valence-corrected chi connectivity index (χ1v) is 5.36. The second-order valence-corrected chi connectivity index (χ2v) is 3.53. The van der Waals surface area contributed by atoms with Gasteiger partial charge >= 0.3 is 0 Å². The lowest BCUT2D eigenvalue weighted by molar-refractivity contribution is 0.146. The van der Waals surface area contributed by atoms with Crippen LogP contribution < -0.4 is 10.5 Å². The molecule has 1 aromatic carbocycles. The third-order valence-corrected chi connectivity index (χ3v) is 2.28. The first kappa shape index (κ1) is 13.0. The van der Waals surface area contributed by atoms with Crippen LogP contribution in [0.1, 0.15) is 18.0 Å². The standard InChI is InChI=1S/C12H19NO3/c1-15-7-8-16-11-4-2-3-10(9-11)12(13)5-6-14/h2-4,9,12,14H,5-8,13H2,1H3. The molecular weight excluding hydrogens is 206 g/mol. The fourth-order valence-corrected chi connectivity index (χ4v) is 1.38. The summed E-state index contributed by atoms with van der Waals surface area (Å²) >= 11 is 0. The Hall–Kier alpha value is -1.10. The van der Waals surface area contributed by atoms with Gasteiger partial charge in [0.1, 0.15) is 12.4 Å². The molecule has 0 amide bonds. The highest BCUT2D eigenvalue weighted by atomic mass is 16.5. The van der Waals surface area contributed by atoms with Gasteiger partial charge in [-0.2, -0.15) is 0 Å². The van der Waals surface area contributed by atoms with Crippen molar-refractivity contribution in [3.05, 3.63) is 29.8 Å². The van der Waals surface area contributed by atoms with Crippen LogP contribution in [0.4, 0.5) is 0 Å². The highest BCUT2D eigenvalue weighted by Crippen LogP contribution is 2.19. The zero-order chi connectivity index (χ0) is 11.8. The first-order chi connectivity index (χ1) is 7.77. The monoisotopic (exact) mass is 225 g/mol. The largest absolute Gasteiger partial charge is 0.491 e. The Morgan fingerprint density at radius 1 is 1.38 bits per heavy atom. The van der Waals surface area contributed by atoms with Gasteiger partial charge in [0.2, 0.25) is 0 Å². The Balaban J connectivity index is 2.56. The normalized spacial score (nSPS) is 12.4. The smallest absolute Gasteiger partial charge is 0.119 e. The maximum Gasteiger partial charge on any atom is 0.119 e. The maximum atomic E-state index is 8.81. The van der Waals surface area contributed by atoms with E-state index in [1.807, 2.05) is 24.3 Å². The molecule has 0 heterocycles. The number of hydrogen-bond donors (Lipinski definition) is 2. The van der Waals surface area contributed by atoms with Crippen molar-refractivity contribution >= 4 is 0 Å². The van der Waals surface area contributed by atoms with Gasteiger partial charge in [-0.3, -0.25) is 0 Å². The lowest BCUT2D eigenvalue weighted by Gasteiger charge is -2.12. The van der Waals surface area contributed by atoms with E-state index in [0.29, 0.717) is 19.6 Å². The van der Waals surface area contributed by atoms with Gasteiger partial charge in [0.05, 0.1) is 6.61 Å². The van der Waals surface area contributed by atoms with Crippen molar-refractivity contribution in [3.63, 3.8) is 0 Å². The van der Waals surface area contributed by atoms with Gasteiger partial charge in [0, 0.05) is 19.8 Å². The summed E-state index contributed by atoms with van der Waals surface area (Å²) in [6.07, 6.45) is 0.557. The molecule has 1 unspecified atom stereocenters. The van der Waals surface area contributed by atoms with Crippen LogP contribution in [0.5, 0.6) is 5.75 Å². The predicted octanol–water partition coefficient (Wildman–Crippen LogP) is 1.09. The topological polar surface area (TPSA) is 64.7 Å². The van der Waals surface area contributed by atoms with Crippen molar-refractivity contribution in [2.24, 2.45) is 5.73 Å². The van der Waals surface area contributed by atoms with Crippen LogP contribution in [0, 0.1) is 0 Å². The Labute approximate surface area is 96.0 Å². The fraction of sp³-hybridized carbons (Fsp3) is 0.500.